The molecule has 3 rings (SSSR count). The van der Waals surface area contributed by atoms with E-state index in [9.17, 15) is 0 Å². The minimum Gasteiger partial charge on any atom is -0.314 e. The molecule has 0 saturated carbocycles. The summed E-state index contributed by atoms with van der Waals surface area (Å²) >= 11 is 8.05. The molecule has 1 aromatic rings. The highest BCUT2D eigenvalue weighted by Crippen LogP contribution is 2.38. The number of thioether (sulfide) groups is 1. The van der Waals surface area contributed by atoms with Gasteiger partial charge in [-0.2, -0.15) is 0 Å². The van der Waals surface area contributed by atoms with Crippen LogP contribution >= 0.6 is 23.4 Å². The average molecular weight is 269 g/mol. The average Bonchev–Trinajstić information content (AvgIpc) is 2.71. The van der Waals surface area contributed by atoms with Crippen LogP contribution in [-0.4, -0.2) is 42.9 Å². The first-order valence-corrected chi connectivity index (χ1v) is 7.45. The molecule has 0 spiro atoms. The summed E-state index contributed by atoms with van der Waals surface area (Å²) in [5.41, 5.74) is 1.43. The van der Waals surface area contributed by atoms with Crippen molar-refractivity contribution in [3.05, 3.63) is 28.8 Å². The Hall–Kier alpha value is -0.220. The predicted octanol–water partition coefficient (Wildman–Crippen LogP) is 2.26. The van der Waals surface area contributed by atoms with E-state index in [2.05, 4.69) is 22.3 Å². The third-order valence-electron chi connectivity index (χ3n) is 3.44. The number of nitrogens with zero attached hydrogens (tertiary/aromatic N) is 1. The Labute approximate surface area is 112 Å². The van der Waals surface area contributed by atoms with Gasteiger partial charge in [0, 0.05) is 47.9 Å². The van der Waals surface area contributed by atoms with Crippen molar-refractivity contribution < 1.29 is 0 Å². The first kappa shape index (κ1) is 11.8. The van der Waals surface area contributed by atoms with Gasteiger partial charge < -0.3 is 5.32 Å². The minimum absolute atomic E-state index is 0.710. The molecule has 1 atom stereocenters. The SMILES string of the molecule is Clc1ccc2c(c1)CC(CN1CCNCC1)S2. The van der Waals surface area contributed by atoms with E-state index < -0.39 is 0 Å². The maximum atomic E-state index is 6.04. The lowest BCUT2D eigenvalue weighted by atomic mass is 10.1. The number of hydrogen-bond acceptors (Lipinski definition) is 3. The number of piperazine rings is 1. The molecule has 2 nitrogen and oxygen atoms in total. The van der Waals surface area contributed by atoms with Crippen LogP contribution in [0.3, 0.4) is 0 Å². The quantitative estimate of drug-likeness (QED) is 0.886. The molecule has 1 saturated heterocycles. The number of halogens is 1. The Morgan fingerprint density at radius 1 is 1.35 bits per heavy atom. The van der Waals surface area contributed by atoms with Gasteiger partial charge in [0.05, 0.1) is 0 Å². The highest BCUT2D eigenvalue weighted by atomic mass is 35.5. The molecular weight excluding hydrogens is 252 g/mol. The Morgan fingerprint density at radius 2 is 2.18 bits per heavy atom. The standard InChI is InChI=1S/C13H17ClN2S/c14-11-1-2-13-10(7-11)8-12(17-13)9-16-5-3-15-4-6-16/h1-2,7,12,15H,3-6,8-9H2. The van der Waals surface area contributed by atoms with Gasteiger partial charge in [0.2, 0.25) is 0 Å². The molecule has 0 amide bonds. The van der Waals surface area contributed by atoms with Crippen LogP contribution in [0.15, 0.2) is 23.1 Å². The van der Waals surface area contributed by atoms with Gasteiger partial charge in [0.15, 0.2) is 0 Å². The Morgan fingerprint density at radius 3 is 3.00 bits per heavy atom. The zero-order chi connectivity index (χ0) is 11.7. The fourth-order valence-electron chi connectivity index (χ4n) is 2.57. The Bertz CT molecular complexity index is 404. The molecule has 92 valence electrons. The third kappa shape index (κ3) is 2.79. The van der Waals surface area contributed by atoms with Gasteiger partial charge in [-0.15, -0.1) is 11.8 Å². The summed E-state index contributed by atoms with van der Waals surface area (Å²) < 4.78 is 0. The molecular formula is C13H17ClN2S. The van der Waals surface area contributed by atoms with E-state index in [0.717, 1.165) is 18.1 Å². The molecule has 1 unspecified atom stereocenters. The molecule has 1 fully saturated rings. The molecule has 1 aromatic carbocycles. The van der Waals surface area contributed by atoms with E-state index in [4.69, 9.17) is 11.6 Å². The van der Waals surface area contributed by atoms with Crippen LogP contribution in [0.5, 0.6) is 0 Å². The van der Waals surface area contributed by atoms with Crippen molar-refractivity contribution in [1.82, 2.24) is 10.2 Å². The fourth-order valence-corrected chi connectivity index (χ4v) is 4.11. The lowest BCUT2D eigenvalue weighted by molar-refractivity contribution is 0.242. The van der Waals surface area contributed by atoms with Crippen LogP contribution in [0, 0.1) is 0 Å². The van der Waals surface area contributed by atoms with Crippen molar-refractivity contribution in [2.75, 3.05) is 32.7 Å². The Kier molecular flexibility index (Phi) is 3.61. The van der Waals surface area contributed by atoms with E-state index in [1.54, 1.807) is 0 Å². The van der Waals surface area contributed by atoms with E-state index in [0.29, 0.717) is 5.25 Å². The smallest absolute Gasteiger partial charge is 0.0409 e. The van der Waals surface area contributed by atoms with E-state index >= 15 is 0 Å². The van der Waals surface area contributed by atoms with Crippen LogP contribution in [0.25, 0.3) is 0 Å². The normalized spacial score (nSPS) is 24.9. The summed E-state index contributed by atoms with van der Waals surface area (Å²) in [5.74, 6) is 0. The molecule has 0 aromatic heterocycles. The van der Waals surface area contributed by atoms with Crippen LogP contribution in [0.2, 0.25) is 5.02 Å². The van der Waals surface area contributed by atoms with Crippen LogP contribution < -0.4 is 5.32 Å². The lowest BCUT2D eigenvalue weighted by Gasteiger charge is -2.29. The second kappa shape index (κ2) is 5.19. The molecule has 0 aliphatic carbocycles. The molecule has 2 heterocycles. The van der Waals surface area contributed by atoms with Crippen molar-refractivity contribution in [3.8, 4) is 0 Å². The van der Waals surface area contributed by atoms with Crippen molar-refractivity contribution in [1.29, 1.82) is 0 Å². The summed E-state index contributed by atoms with van der Waals surface area (Å²) in [5, 5.41) is 4.98. The summed E-state index contributed by atoms with van der Waals surface area (Å²) in [6.07, 6.45) is 1.17. The first-order valence-electron chi connectivity index (χ1n) is 6.19. The van der Waals surface area contributed by atoms with Gasteiger partial charge in [0.1, 0.15) is 0 Å². The summed E-state index contributed by atoms with van der Waals surface area (Å²) in [4.78, 5) is 4.00. The maximum Gasteiger partial charge on any atom is 0.0409 e. The van der Waals surface area contributed by atoms with Gasteiger partial charge in [-0.05, 0) is 30.2 Å². The van der Waals surface area contributed by atoms with E-state index in [1.807, 2.05) is 17.8 Å². The monoisotopic (exact) mass is 268 g/mol. The minimum atomic E-state index is 0.710. The number of nitrogens with one attached hydrogen (secondary N) is 1. The molecule has 0 bridgehead atoms. The number of rotatable bonds is 2. The zero-order valence-electron chi connectivity index (χ0n) is 9.79. The number of benzene rings is 1. The Balaban J connectivity index is 1.61. The molecule has 4 heteroatoms. The van der Waals surface area contributed by atoms with Crippen LogP contribution in [0.4, 0.5) is 0 Å². The van der Waals surface area contributed by atoms with E-state index in [-0.39, 0.29) is 0 Å². The highest BCUT2D eigenvalue weighted by Gasteiger charge is 2.24. The van der Waals surface area contributed by atoms with Gasteiger partial charge in [-0.3, -0.25) is 4.90 Å². The van der Waals surface area contributed by atoms with Gasteiger partial charge in [-0.25, -0.2) is 0 Å². The number of hydrogen-bond donors (Lipinski definition) is 1. The largest absolute Gasteiger partial charge is 0.314 e. The van der Waals surface area contributed by atoms with Gasteiger partial charge in [-0.1, -0.05) is 11.6 Å². The predicted molar refractivity (Wildman–Crippen MR) is 74.1 cm³/mol. The molecule has 2 aliphatic rings. The lowest BCUT2D eigenvalue weighted by Crippen LogP contribution is -2.45. The molecule has 2 aliphatic heterocycles. The molecule has 0 radical (unpaired) electrons. The third-order valence-corrected chi connectivity index (χ3v) is 4.97. The maximum absolute atomic E-state index is 6.04. The second-order valence-corrected chi connectivity index (χ2v) is 6.53. The second-order valence-electron chi connectivity index (χ2n) is 4.75. The van der Waals surface area contributed by atoms with E-state index in [1.165, 1.54) is 36.5 Å². The van der Waals surface area contributed by atoms with Crippen molar-refractivity contribution in [2.24, 2.45) is 0 Å². The topological polar surface area (TPSA) is 15.3 Å². The summed E-state index contributed by atoms with van der Waals surface area (Å²) in [6.45, 7) is 5.85. The molecule has 17 heavy (non-hydrogen) atoms. The highest BCUT2D eigenvalue weighted by molar-refractivity contribution is 8.00. The van der Waals surface area contributed by atoms with Gasteiger partial charge >= 0.3 is 0 Å². The van der Waals surface area contributed by atoms with Crippen molar-refractivity contribution in [2.45, 2.75) is 16.6 Å². The van der Waals surface area contributed by atoms with Crippen LogP contribution in [0.1, 0.15) is 5.56 Å². The van der Waals surface area contributed by atoms with Gasteiger partial charge in [0.25, 0.3) is 0 Å². The van der Waals surface area contributed by atoms with Crippen molar-refractivity contribution >= 4 is 23.4 Å². The first-order chi connectivity index (χ1) is 8.31. The van der Waals surface area contributed by atoms with Crippen LogP contribution in [-0.2, 0) is 6.42 Å². The molecule has 1 N–H and O–H groups in total. The van der Waals surface area contributed by atoms with Crippen molar-refractivity contribution in [3.63, 3.8) is 0 Å². The summed E-state index contributed by atoms with van der Waals surface area (Å²) in [7, 11) is 0. The number of fused-ring (bicyclic) bond motifs is 1. The fraction of sp³-hybridized carbons (Fsp3) is 0.538. The zero-order valence-corrected chi connectivity index (χ0v) is 11.4. The summed E-state index contributed by atoms with van der Waals surface area (Å²) in [6, 6.07) is 6.29.